The number of halogens is 1. The zero-order valence-electron chi connectivity index (χ0n) is 19.3. The summed E-state index contributed by atoms with van der Waals surface area (Å²) >= 11 is 7.64. The lowest BCUT2D eigenvalue weighted by Gasteiger charge is -2.18. The summed E-state index contributed by atoms with van der Waals surface area (Å²) in [5.74, 6) is 0.982. The second-order valence-corrected chi connectivity index (χ2v) is 9.34. The van der Waals surface area contributed by atoms with Crippen molar-refractivity contribution < 1.29 is 23.9 Å². The summed E-state index contributed by atoms with van der Waals surface area (Å²) < 4.78 is 17.7. The maximum atomic E-state index is 11.8. The number of rotatable bonds is 5. The highest BCUT2D eigenvalue weighted by Crippen LogP contribution is 2.37. The van der Waals surface area contributed by atoms with Crippen molar-refractivity contribution in [2.45, 2.75) is 0 Å². The molecule has 0 bridgehead atoms. The highest BCUT2D eigenvalue weighted by atomic mass is 35.5. The van der Waals surface area contributed by atoms with Crippen LogP contribution in [-0.2, 0) is 4.79 Å². The Hall–Kier alpha value is -4.68. The largest absolute Gasteiger partial charge is 0.482 e. The topological polar surface area (TPSA) is 130 Å². The molecule has 2 aliphatic rings. The van der Waals surface area contributed by atoms with Crippen LogP contribution in [0.5, 0.6) is 17.2 Å². The van der Waals surface area contributed by atoms with Gasteiger partial charge in [-0.15, -0.1) is 11.3 Å². The second-order valence-electron chi connectivity index (χ2n) is 8.09. The molecule has 0 aliphatic carbocycles. The molecule has 6 rings (SSSR count). The lowest BCUT2D eigenvalue weighted by atomic mass is 10.1. The highest BCUT2D eigenvalue weighted by molar-refractivity contribution is 7.07. The van der Waals surface area contributed by atoms with E-state index in [0.29, 0.717) is 49.7 Å². The van der Waals surface area contributed by atoms with Crippen molar-refractivity contribution in [1.29, 1.82) is 0 Å². The molecule has 3 heterocycles. The van der Waals surface area contributed by atoms with Gasteiger partial charge in [0.05, 0.1) is 44.9 Å². The van der Waals surface area contributed by atoms with Gasteiger partial charge in [-0.2, -0.15) is 5.10 Å². The first-order valence-electron chi connectivity index (χ1n) is 11.2. The molecule has 0 unspecified atom stereocenters. The average Bonchev–Trinajstić information content (AvgIpc) is 3.54. The molecule has 11 nitrogen and oxygen atoms in total. The van der Waals surface area contributed by atoms with Crippen LogP contribution in [0.15, 0.2) is 70.1 Å². The zero-order valence-corrected chi connectivity index (χ0v) is 20.9. The molecule has 190 valence electrons. The van der Waals surface area contributed by atoms with Gasteiger partial charge in [-0.05, 0) is 36.4 Å². The Morgan fingerprint density at radius 1 is 1.08 bits per heavy atom. The fourth-order valence-electron chi connectivity index (χ4n) is 3.90. The van der Waals surface area contributed by atoms with E-state index in [2.05, 4.69) is 15.4 Å². The van der Waals surface area contributed by atoms with Crippen molar-refractivity contribution >= 4 is 52.1 Å². The van der Waals surface area contributed by atoms with Crippen LogP contribution >= 0.6 is 22.9 Å². The van der Waals surface area contributed by atoms with Gasteiger partial charge >= 0.3 is 0 Å². The molecule has 0 radical (unpaired) electrons. The number of nitrogens with zero attached hydrogens (tertiary/aromatic N) is 4. The van der Waals surface area contributed by atoms with Gasteiger partial charge in [0.2, 0.25) is 11.6 Å². The Morgan fingerprint density at radius 2 is 1.89 bits per heavy atom. The minimum Gasteiger partial charge on any atom is -0.482 e. The first-order chi connectivity index (χ1) is 18.5. The Balaban J connectivity index is 1.50. The van der Waals surface area contributed by atoms with Crippen LogP contribution < -0.4 is 24.3 Å². The Kier molecular flexibility index (Phi) is 6.02. The van der Waals surface area contributed by atoms with Crippen molar-refractivity contribution in [2.75, 3.05) is 18.7 Å². The van der Waals surface area contributed by atoms with Gasteiger partial charge in [0, 0.05) is 10.9 Å². The number of anilines is 1. The van der Waals surface area contributed by atoms with E-state index < -0.39 is 4.92 Å². The van der Waals surface area contributed by atoms with E-state index in [-0.39, 0.29) is 30.6 Å². The van der Waals surface area contributed by atoms with E-state index in [1.54, 1.807) is 35.0 Å². The number of thiazole rings is 1. The molecule has 38 heavy (non-hydrogen) atoms. The van der Waals surface area contributed by atoms with Gasteiger partial charge in [-0.3, -0.25) is 14.9 Å². The molecule has 0 fully saturated rings. The summed E-state index contributed by atoms with van der Waals surface area (Å²) in [6, 6.07) is 15.3. The first kappa shape index (κ1) is 23.7. The standard InChI is InChI=1S/C25H16ClN5O6S/c26-16-3-1-2-4-17(16)29-25-30(27-10-15-8-22-23(37-13-36-22)9-19(15)31(33)34)20(12-38-25)14-5-6-21-18(7-14)28-24(32)11-35-21/h1-10,12H,11,13H2,(H,28,32). The molecule has 4 aromatic rings. The van der Waals surface area contributed by atoms with Crippen LogP contribution in [-0.4, -0.2) is 35.1 Å². The third-order valence-electron chi connectivity index (χ3n) is 5.69. The third-order valence-corrected chi connectivity index (χ3v) is 6.83. The lowest BCUT2D eigenvalue weighted by molar-refractivity contribution is -0.385. The molecule has 1 aromatic heterocycles. The van der Waals surface area contributed by atoms with Crippen LogP contribution in [0.3, 0.4) is 0 Å². The number of nitro groups is 1. The molecule has 2 aliphatic heterocycles. The SMILES string of the molecule is O=C1COc2ccc(-c3csc(=Nc4ccccc4Cl)n3N=Cc3cc4c(cc3[N+](=O)[O-])OCO4)cc2N1. The minimum atomic E-state index is -0.510. The second kappa shape index (κ2) is 9.65. The molecule has 13 heteroatoms. The maximum absolute atomic E-state index is 11.8. The van der Waals surface area contributed by atoms with Crippen LogP contribution in [0.25, 0.3) is 11.3 Å². The number of ether oxygens (including phenoxy) is 3. The van der Waals surface area contributed by atoms with E-state index in [1.807, 2.05) is 17.5 Å². The van der Waals surface area contributed by atoms with Crippen LogP contribution in [0, 0.1) is 10.1 Å². The van der Waals surface area contributed by atoms with E-state index >= 15 is 0 Å². The Bertz CT molecular complexity index is 1710. The van der Waals surface area contributed by atoms with Crippen molar-refractivity contribution in [3.63, 3.8) is 0 Å². The number of benzene rings is 3. The molecule has 0 saturated carbocycles. The average molecular weight is 550 g/mol. The summed E-state index contributed by atoms with van der Waals surface area (Å²) in [6.45, 7) is -0.0692. The van der Waals surface area contributed by atoms with Crippen molar-refractivity contribution in [3.05, 3.63) is 85.5 Å². The number of aromatic nitrogens is 1. The normalized spacial score (nSPS) is 14.3. The van der Waals surface area contributed by atoms with E-state index in [4.69, 9.17) is 25.8 Å². The zero-order chi connectivity index (χ0) is 26.2. The minimum absolute atomic E-state index is 0.0179. The van der Waals surface area contributed by atoms with E-state index in [0.717, 1.165) is 0 Å². The van der Waals surface area contributed by atoms with Gasteiger partial charge in [0.1, 0.15) is 5.75 Å². The number of fused-ring (bicyclic) bond motifs is 2. The smallest absolute Gasteiger partial charge is 0.282 e. The van der Waals surface area contributed by atoms with Crippen LogP contribution in [0.2, 0.25) is 5.02 Å². The fourth-order valence-corrected chi connectivity index (χ4v) is 4.93. The number of nitro benzene ring substituents is 1. The predicted molar refractivity (Wildman–Crippen MR) is 141 cm³/mol. The molecule has 1 amide bonds. The van der Waals surface area contributed by atoms with Crippen LogP contribution in [0.4, 0.5) is 17.1 Å². The molecule has 3 aromatic carbocycles. The number of carbonyl (C=O) groups excluding carboxylic acids is 1. The first-order valence-corrected chi connectivity index (χ1v) is 12.4. The summed E-state index contributed by atoms with van der Waals surface area (Å²) in [4.78, 5) is 28.2. The third kappa shape index (κ3) is 4.46. The summed E-state index contributed by atoms with van der Waals surface area (Å²) in [6.07, 6.45) is 1.37. The number of hydrogen-bond donors (Lipinski definition) is 1. The van der Waals surface area contributed by atoms with E-state index in [9.17, 15) is 14.9 Å². The highest BCUT2D eigenvalue weighted by Gasteiger charge is 2.23. The quantitative estimate of drug-likeness (QED) is 0.213. The summed E-state index contributed by atoms with van der Waals surface area (Å²) in [7, 11) is 0. The van der Waals surface area contributed by atoms with Gasteiger partial charge in [-0.1, -0.05) is 23.7 Å². The van der Waals surface area contributed by atoms with Crippen LogP contribution in [0.1, 0.15) is 5.56 Å². The van der Waals surface area contributed by atoms with Crippen molar-refractivity contribution in [1.82, 2.24) is 4.68 Å². The molecule has 0 saturated heterocycles. The number of carbonyl (C=O) groups is 1. The van der Waals surface area contributed by atoms with Gasteiger partial charge in [0.15, 0.2) is 18.1 Å². The van der Waals surface area contributed by atoms with Gasteiger partial charge in [0.25, 0.3) is 11.6 Å². The molecule has 1 N–H and O–H groups in total. The molecule has 0 spiro atoms. The van der Waals surface area contributed by atoms with Gasteiger partial charge < -0.3 is 19.5 Å². The Labute approximate surface area is 223 Å². The summed E-state index contributed by atoms with van der Waals surface area (Å²) in [5, 5.41) is 21.4. The van der Waals surface area contributed by atoms with Crippen molar-refractivity contribution in [2.24, 2.45) is 10.1 Å². The number of hydrogen-bond acceptors (Lipinski definition) is 9. The number of para-hydroxylation sites is 1. The lowest BCUT2D eigenvalue weighted by Crippen LogP contribution is -2.25. The molecule has 0 atom stereocenters. The van der Waals surface area contributed by atoms with Crippen molar-refractivity contribution in [3.8, 4) is 28.5 Å². The summed E-state index contributed by atoms with van der Waals surface area (Å²) in [5.41, 5.74) is 2.43. The molecular formula is C25H16ClN5O6S. The van der Waals surface area contributed by atoms with E-state index in [1.165, 1.54) is 29.7 Å². The predicted octanol–water partition coefficient (Wildman–Crippen LogP) is 4.95. The maximum Gasteiger partial charge on any atom is 0.282 e. The number of amides is 1. The number of nitrogens with one attached hydrogen (secondary N) is 1. The monoisotopic (exact) mass is 549 g/mol. The fraction of sp³-hybridized carbons (Fsp3) is 0.0800. The van der Waals surface area contributed by atoms with Gasteiger partial charge in [-0.25, -0.2) is 9.67 Å². The Morgan fingerprint density at radius 3 is 2.71 bits per heavy atom. The molecular weight excluding hydrogens is 534 g/mol.